The van der Waals surface area contributed by atoms with Crippen LogP contribution in [-0.4, -0.2) is 8.76 Å². The largest absolute Gasteiger partial charge is 0.302 e. The van der Waals surface area contributed by atoms with Gasteiger partial charge in [-0.3, -0.25) is 0 Å². The van der Waals surface area contributed by atoms with Gasteiger partial charge in [-0.15, -0.1) is 0 Å². The van der Waals surface area contributed by atoms with E-state index in [1.807, 2.05) is 12.2 Å². The van der Waals surface area contributed by atoms with Crippen LogP contribution in [0.5, 0.6) is 0 Å². The van der Waals surface area contributed by atoms with Gasteiger partial charge in [-0.25, -0.2) is 4.21 Å². The maximum atomic E-state index is 10.5. The topological polar surface area (TPSA) is 37.3 Å². The summed E-state index contributed by atoms with van der Waals surface area (Å²) in [6, 6.07) is 0. The zero-order valence-electron chi connectivity index (χ0n) is 5.62. The first-order valence-corrected chi connectivity index (χ1v) is 4.38. The lowest BCUT2D eigenvalue weighted by Gasteiger charge is -1.96. The van der Waals surface area contributed by atoms with Crippen molar-refractivity contribution in [2.24, 2.45) is 0 Å². The molecule has 0 aromatic carbocycles. The van der Waals surface area contributed by atoms with Crippen LogP contribution in [0.2, 0.25) is 0 Å². The van der Waals surface area contributed by atoms with Crippen molar-refractivity contribution in [2.45, 2.75) is 19.3 Å². The predicted molar refractivity (Wildman–Crippen MR) is 41.8 cm³/mol. The molecule has 0 heterocycles. The van der Waals surface area contributed by atoms with E-state index >= 15 is 0 Å². The van der Waals surface area contributed by atoms with Gasteiger partial charge in [0.15, 0.2) is 11.1 Å². The fraction of sp³-hybridized carbons (Fsp3) is 0.429. The molecule has 0 aromatic rings. The van der Waals surface area contributed by atoms with Crippen LogP contribution in [0.1, 0.15) is 19.3 Å². The number of hydrogen-bond acceptors (Lipinski definition) is 1. The Labute approximate surface area is 62.9 Å². The number of allylic oxidation sites excluding steroid dienone is 4. The van der Waals surface area contributed by atoms with Crippen molar-refractivity contribution in [3.63, 3.8) is 0 Å². The van der Waals surface area contributed by atoms with Crippen LogP contribution < -0.4 is 0 Å². The van der Waals surface area contributed by atoms with Gasteiger partial charge in [0.1, 0.15) is 0 Å². The maximum absolute atomic E-state index is 10.5. The van der Waals surface area contributed by atoms with Gasteiger partial charge in [-0.05, 0) is 25.3 Å². The third-order valence-electron chi connectivity index (χ3n) is 1.44. The molecule has 10 heavy (non-hydrogen) atoms. The molecule has 1 rings (SSSR count). The van der Waals surface area contributed by atoms with Crippen molar-refractivity contribution in [3.8, 4) is 0 Å². The Hall–Kier alpha value is -0.410. The van der Waals surface area contributed by atoms with Crippen molar-refractivity contribution in [3.05, 3.63) is 23.1 Å². The van der Waals surface area contributed by atoms with Crippen LogP contribution in [0, 0.1) is 0 Å². The van der Waals surface area contributed by atoms with Crippen molar-refractivity contribution in [1.29, 1.82) is 0 Å². The molecular weight excluding hydrogens is 148 g/mol. The standard InChI is InChI=1S/C7H10O2S/c8-10(9)7-5-3-1-2-4-6-7/h1,3,5H,2,4,6H2,(H,8,9). The lowest BCUT2D eigenvalue weighted by atomic mass is 10.2. The summed E-state index contributed by atoms with van der Waals surface area (Å²) in [5, 5.41) is 0. The highest BCUT2D eigenvalue weighted by atomic mass is 32.2. The van der Waals surface area contributed by atoms with E-state index in [1.165, 1.54) is 0 Å². The smallest absolute Gasteiger partial charge is 0.182 e. The maximum Gasteiger partial charge on any atom is 0.182 e. The molecular formula is C7H10O2S. The summed E-state index contributed by atoms with van der Waals surface area (Å²) in [6.07, 6.45) is 8.32. The highest BCUT2D eigenvalue weighted by Gasteiger charge is 2.03. The fourth-order valence-electron chi connectivity index (χ4n) is 0.895. The van der Waals surface area contributed by atoms with Crippen LogP contribution >= 0.6 is 0 Å². The van der Waals surface area contributed by atoms with E-state index in [-0.39, 0.29) is 0 Å². The van der Waals surface area contributed by atoms with Crippen LogP contribution in [0.4, 0.5) is 0 Å². The third kappa shape index (κ3) is 2.08. The van der Waals surface area contributed by atoms with Gasteiger partial charge < -0.3 is 4.55 Å². The summed E-state index contributed by atoms with van der Waals surface area (Å²) in [5.41, 5.74) is 0. The van der Waals surface area contributed by atoms with E-state index in [4.69, 9.17) is 4.55 Å². The molecule has 0 aliphatic heterocycles. The van der Waals surface area contributed by atoms with Gasteiger partial charge in [-0.2, -0.15) is 0 Å². The Morgan fingerprint density at radius 3 is 3.10 bits per heavy atom. The average molecular weight is 158 g/mol. The van der Waals surface area contributed by atoms with E-state index in [0.717, 1.165) is 19.3 Å². The second-order valence-electron chi connectivity index (χ2n) is 2.20. The molecule has 0 saturated carbocycles. The minimum absolute atomic E-state index is 0.633. The van der Waals surface area contributed by atoms with Crippen molar-refractivity contribution >= 4 is 11.1 Å². The molecule has 0 spiro atoms. The molecule has 1 unspecified atom stereocenters. The quantitative estimate of drug-likeness (QED) is 0.591. The molecule has 2 nitrogen and oxygen atoms in total. The van der Waals surface area contributed by atoms with Crippen LogP contribution in [0.3, 0.4) is 0 Å². The summed E-state index contributed by atoms with van der Waals surface area (Å²) >= 11 is -1.75. The zero-order chi connectivity index (χ0) is 7.40. The Bertz CT molecular complexity index is 194. The lowest BCUT2D eigenvalue weighted by Crippen LogP contribution is -1.91. The fourth-order valence-corrected chi connectivity index (χ4v) is 1.41. The minimum Gasteiger partial charge on any atom is -0.302 e. The Kier molecular flexibility index (Phi) is 2.83. The van der Waals surface area contributed by atoms with Crippen LogP contribution in [-0.2, 0) is 11.1 Å². The molecule has 0 fully saturated rings. The summed E-state index contributed by atoms with van der Waals surface area (Å²) in [6.45, 7) is 0. The minimum atomic E-state index is -1.75. The predicted octanol–water partition coefficient (Wildman–Crippen LogP) is 1.83. The van der Waals surface area contributed by atoms with Gasteiger partial charge in [0.2, 0.25) is 0 Å². The van der Waals surface area contributed by atoms with Gasteiger partial charge in [0.05, 0.1) is 0 Å². The number of rotatable bonds is 1. The molecule has 1 aliphatic carbocycles. The molecule has 1 N–H and O–H groups in total. The Morgan fingerprint density at radius 2 is 2.40 bits per heavy atom. The van der Waals surface area contributed by atoms with Crippen molar-refractivity contribution in [2.75, 3.05) is 0 Å². The highest BCUT2D eigenvalue weighted by molar-refractivity contribution is 7.83. The number of hydrogen-bond donors (Lipinski definition) is 1. The average Bonchev–Trinajstić information content (AvgIpc) is 2.12. The molecule has 0 bridgehead atoms. The monoisotopic (exact) mass is 158 g/mol. The van der Waals surface area contributed by atoms with E-state index < -0.39 is 11.1 Å². The summed E-state index contributed by atoms with van der Waals surface area (Å²) in [4.78, 5) is 0.633. The zero-order valence-corrected chi connectivity index (χ0v) is 6.43. The SMILES string of the molecule is O=S(O)C1=CC=CCCC1. The summed E-state index contributed by atoms with van der Waals surface area (Å²) in [5.74, 6) is 0. The first kappa shape index (κ1) is 7.69. The van der Waals surface area contributed by atoms with E-state index in [2.05, 4.69) is 0 Å². The van der Waals surface area contributed by atoms with Crippen LogP contribution in [0.25, 0.3) is 0 Å². The molecule has 0 radical (unpaired) electrons. The van der Waals surface area contributed by atoms with Crippen LogP contribution in [0.15, 0.2) is 23.1 Å². The van der Waals surface area contributed by atoms with Gasteiger partial charge >= 0.3 is 0 Å². The molecule has 0 aromatic heterocycles. The first-order chi connectivity index (χ1) is 4.80. The van der Waals surface area contributed by atoms with Crippen molar-refractivity contribution in [1.82, 2.24) is 0 Å². The summed E-state index contributed by atoms with van der Waals surface area (Å²) in [7, 11) is 0. The normalized spacial score (nSPS) is 21.5. The Morgan fingerprint density at radius 1 is 1.60 bits per heavy atom. The van der Waals surface area contributed by atoms with Gasteiger partial charge in [0.25, 0.3) is 0 Å². The lowest BCUT2D eigenvalue weighted by molar-refractivity contribution is 0.568. The second kappa shape index (κ2) is 3.68. The summed E-state index contributed by atoms with van der Waals surface area (Å²) < 4.78 is 19.2. The molecule has 1 atom stereocenters. The molecule has 1 aliphatic rings. The Balaban J connectivity index is 2.66. The first-order valence-electron chi connectivity index (χ1n) is 3.27. The molecule has 56 valence electrons. The van der Waals surface area contributed by atoms with E-state index in [0.29, 0.717) is 4.91 Å². The van der Waals surface area contributed by atoms with E-state index in [1.54, 1.807) is 6.08 Å². The second-order valence-corrected chi connectivity index (χ2v) is 3.23. The van der Waals surface area contributed by atoms with E-state index in [9.17, 15) is 4.21 Å². The molecule has 0 amide bonds. The molecule has 0 saturated heterocycles. The van der Waals surface area contributed by atoms with Gasteiger partial charge in [0, 0.05) is 4.91 Å². The van der Waals surface area contributed by atoms with Gasteiger partial charge in [-0.1, -0.05) is 12.2 Å². The highest BCUT2D eigenvalue weighted by Crippen LogP contribution is 2.14. The third-order valence-corrected chi connectivity index (χ3v) is 2.23. The van der Waals surface area contributed by atoms with Crippen molar-refractivity contribution < 1.29 is 8.76 Å². The molecule has 3 heteroatoms.